The van der Waals surface area contributed by atoms with Gasteiger partial charge in [0.15, 0.2) is 0 Å². The number of halogens is 1. The summed E-state index contributed by atoms with van der Waals surface area (Å²) in [6, 6.07) is 18.7. The number of carbonyl (C=O) groups excluding carboxylic acids is 1. The number of ether oxygens (including phenoxy) is 1. The van der Waals surface area contributed by atoms with E-state index in [9.17, 15) is 4.79 Å². The molecule has 0 spiro atoms. The smallest absolute Gasteiger partial charge is 0.251 e. The lowest BCUT2D eigenvalue weighted by Gasteiger charge is -2.28. The molecule has 4 rings (SSSR count). The molecule has 1 N–H and O–H groups in total. The Balaban J connectivity index is 1.45. The molecule has 30 heavy (non-hydrogen) atoms. The second-order valence-corrected chi connectivity index (χ2v) is 7.77. The van der Waals surface area contributed by atoms with Crippen molar-refractivity contribution in [2.45, 2.75) is 18.9 Å². The molecule has 0 radical (unpaired) electrons. The van der Waals surface area contributed by atoms with E-state index >= 15 is 0 Å². The highest BCUT2D eigenvalue weighted by atomic mass is 35.5. The number of pyridine rings is 1. The van der Waals surface area contributed by atoms with Gasteiger partial charge in [-0.1, -0.05) is 29.8 Å². The highest BCUT2D eigenvalue weighted by Crippen LogP contribution is 2.27. The van der Waals surface area contributed by atoms with Gasteiger partial charge in [0.05, 0.1) is 6.04 Å². The molecular weight excluding hydrogens is 398 g/mol. The van der Waals surface area contributed by atoms with Gasteiger partial charge in [-0.2, -0.15) is 0 Å². The second kappa shape index (κ2) is 9.74. The summed E-state index contributed by atoms with van der Waals surface area (Å²) in [6.07, 6.45) is 5.69. The lowest BCUT2D eigenvalue weighted by atomic mass is 10.1. The first-order chi connectivity index (χ1) is 14.7. The molecule has 154 valence electrons. The van der Waals surface area contributed by atoms with E-state index in [2.05, 4.69) is 21.3 Å². The molecule has 2 heterocycles. The van der Waals surface area contributed by atoms with Gasteiger partial charge in [-0.3, -0.25) is 14.7 Å². The van der Waals surface area contributed by atoms with Crippen molar-refractivity contribution in [1.29, 1.82) is 0 Å². The number of carbonyl (C=O) groups is 1. The zero-order chi connectivity index (χ0) is 20.8. The van der Waals surface area contributed by atoms with E-state index in [1.807, 2.05) is 30.3 Å². The molecule has 1 saturated heterocycles. The van der Waals surface area contributed by atoms with Gasteiger partial charge >= 0.3 is 0 Å². The van der Waals surface area contributed by atoms with Crippen LogP contribution in [0.3, 0.4) is 0 Å². The van der Waals surface area contributed by atoms with Crippen molar-refractivity contribution in [3.05, 3.63) is 89.2 Å². The minimum absolute atomic E-state index is 0.103. The van der Waals surface area contributed by atoms with Crippen molar-refractivity contribution in [2.24, 2.45) is 0 Å². The number of aromatic nitrogens is 1. The Morgan fingerprint density at radius 1 is 1.03 bits per heavy atom. The average molecular weight is 422 g/mol. The topological polar surface area (TPSA) is 54.5 Å². The molecule has 1 fully saturated rings. The Kier molecular flexibility index (Phi) is 6.62. The maximum absolute atomic E-state index is 12.8. The second-order valence-electron chi connectivity index (χ2n) is 7.34. The highest BCUT2D eigenvalue weighted by Gasteiger charge is 2.24. The molecule has 3 aromatic rings. The predicted molar refractivity (Wildman–Crippen MR) is 118 cm³/mol. The predicted octanol–water partition coefficient (Wildman–Crippen LogP) is 5.09. The fourth-order valence-corrected chi connectivity index (χ4v) is 3.96. The van der Waals surface area contributed by atoms with Gasteiger partial charge in [0.1, 0.15) is 11.5 Å². The van der Waals surface area contributed by atoms with Gasteiger partial charge in [-0.15, -0.1) is 0 Å². The van der Waals surface area contributed by atoms with Crippen molar-refractivity contribution in [3.63, 3.8) is 0 Å². The van der Waals surface area contributed by atoms with Crippen LogP contribution in [0.15, 0.2) is 73.1 Å². The molecule has 0 bridgehead atoms. The number of hydrogen-bond donors (Lipinski definition) is 1. The Bertz CT molecular complexity index is 991. The SMILES string of the molecule is O=C(NCC(c1cccc(Cl)c1)N1CCCC1)c1cccc(Oc2ccncc2)c1. The zero-order valence-corrected chi connectivity index (χ0v) is 17.4. The van der Waals surface area contributed by atoms with Crippen LogP contribution in [0.25, 0.3) is 0 Å². The van der Waals surface area contributed by atoms with E-state index in [0.29, 0.717) is 28.6 Å². The molecule has 1 unspecified atom stereocenters. The maximum atomic E-state index is 12.8. The van der Waals surface area contributed by atoms with Gasteiger partial charge in [-0.25, -0.2) is 0 Å². The monoisotopic (exact) mass is 421 g/mol. The molecule has 1 atom stereocenters. The number of nitrogens with one attached hydrogen (secondary N) is 1. The quantitative estimate of drug-likeness (QED) is 0.577. The molecule has 0 aliphatic carbocycles. The molecule has 1 aromatic heterocycles. The molecule has 0 saturated carbocycles. The van der Waals surface area contributed by atoms with Crippen LogP contribution >= 0.6 is 11.6 Å². The Morgan fingerprint density at radius 3 is 2.57 bits per heavy atom. The summed E-state index contributed by atoms with van der Waals surface area (Å²) < 4.78 is 5.82. The standard InChI is InChI=1S/C24H24ClN3O2/c25-20-7-3-5-18(15-20)23(28-13-1-2-14-28)17-27-24(29)19-6-4-8-22(16-19)30-21-9-11-26-12-10-21/h3-12,15-16,23H,1-2,13-14,17H2,(H,27,29). The summed E-state index contributed by atoms with van der Waals surface area (Å²) in [5, 5.41) is 3.81. The number of hydrogen-bond acceptors (Lipinski definition) is 4. The van der Waals surface area contributed by atoms with Crippen LogP contribution in [0.4, 0.5) is 0 Å². The summed E-state index contributed by atoms with van der Waals surface area (Å²) in [5.41, 5.74) is 1.69. The van der Waals surface area contributed by atoms with Crippen molar-refractivity contribution in [2.75, 3.05) is 19.6 Å². The van der Waals surface area contributed by atoms with E-state index in [4.69, 9.17) is 16.3 Å². The molecule has 1 amide bonds. The summed E-state index contributed by atoms with van der Waals surface area (Å²) in [5.74, 6) is 1.17. The molecular formula is C24H24ClN3O2. The lowest BCUT2D eigenvalue weighted by molar-refractivity contribution is 0.0937. The van der Waals surface area contributed by atoms with Crippen LogP contribution in [0, 0.1) is 0 Å². The van der Waals surface area contributed by atoms with Crippen molar-refractivity contribution >= 4 is 17.5 Å². The molecule has 5 nitrogen and oxygen atoms in total. The van der Waals surface area contributed by atoms with Crippen LogP contribution in [0.1, 0.15) is 34.8 Å². The third-order valence-corrected chi connectivity index (χ3v) is 5.49. The van der Waals surface area contributed by atoms with Gasteiger partial charge in [0.2, 0.25) is 0 Å². The molecule has 6 heteroatoms. The first-order valence-electron chi connectivity index (χ1n) is 10.1. The summed E-state index contributed by atoms with van der Waals surface area (Å²) in [6.45, 7) is 2.58. The number of amides is 1. The maximum Gasteiger partial charge on any atom is 0.251 e. The van der Waals surface area contributed by atoms with Crippen LogP contribution in [0.5, 0.6) is 11.5 Å². The Morgan fingerprint density at radius 2 is 1.80 bits per heavy atom. The van der Waals surface area contributed by atoms with Crippen LogP contribution in [-0.4, -0.2) is 35.4 Å². The normalized spacial score (nSPS) is 15.0. The largest absolute Gasteiger partial charge is 0.457 e. The fraction of sp³-hybridized carbons (Fsp3) is 0.250. The fourth-order valence-electron chi connectivity index (χ4n) is 3.76. The van der Waals surface area contributed by atoms with Crippen molar-refractivity contribution < 1.29 is 9.53 Å². The highest BCUT2D eigenvalue weighted by molar-refractivity contribution is 6.30. The van der Waals surface area contributed by atoms with Crippen LogP contribution < -0.4 is 10.1 Å². The molecule has 1 aliphatic rings. The van der Waals surface area contributed by atoms with E-state index in [0.717, 1.165) is 18.7 Å². The summed E-state index contributed by atoms with van der Waals surface area (Å²) in [7, 11) is 0. The Hall–Kier alpha value is -2.89. The van der Waals surface area contributed by atoms with Gasteiger partial charge in [0, 0.05) is 29.5 Å². The van der Waals surface area contributed by atoms with Crippen molar-refractivity contribution in [3.8, 4) is 11.5 Å². The van der Waals surface area contributed by atoms with E-state index in [1.165, 1.54) is 12.8 Å². The third kappa shape index (κ3) is 5.17. The summed E-state index contributed by atoms with van der Waals surface area (Å²) >= 11 is 6.21. The van der Waals surface area contributed by atoms with Gasteiger partial charge in [0.25, 0.3) is 5.91 Å². The first-order valence-corrected chi connectivity index (χ1v) is 10.5. The Labute approximate surface area is 181 Å². The number of rotatable bonds is 7. The number of nitrogens with zero attached hydrogens (tertiary/aromatic N) is 2. The minimum atomic E-state index is -0.124. The van der Waals surface area contributed by atoms with Crippen LogP contribution in [-0.2, 0) is 0 Å². The minimum Gasteiger partial charge on any atom is -0.457 e. The van der Waals surface area contributed by atoms with Gasteiger partial charge in [-0.05, 0) is 74.0 Å². The summed E-state index contributed by atoms with van der Waals surface area (Å²) in [4.78, 5) is 19.2. The molecule has 1 aliphatic heterocycles. The number of benzene rings is 2. The number of likely N-dealkylation sites (tertiary alicyclic amines) is 1. The third-order valence-electron chi connectivity index (χ3n) is 5.25. The molecule has 2 aromatic carbocycles. The zero-order valence-electron chi connectivity index (χ0n) is 16.6. The lowest BCUT2D eigenvalue weighted by Crippen LogP contribution is -2.36. The van der Waals surface area contributed by atoms with Crippen LogP contribution in [0.2, 0.25) is 5.02 Å². The van der Waals surface area contributed by atoms with Gasteiger partial charge < -0.3 is 10.1 Å². The van der Waals surface area contributed by atoms with E-state index < -0.39 is 0 Å². The average Bonchev–Trinajstić information content (AvgIpc) is 3.29. The first kappa shape index (κ1) is 20.4. The van der Waals surface area contributed by atoms with E-state index in [-0.39, 0.29) is 11.9 Å². The van der Waals surface area contributed by atoms with Crippen molar-refractivity contribution in [1.82, 2.24) is 15.2 Å². The van der Waals surface area contributed by atoms with E-state index in [1.54, 1.807) is 36.7 Å².